The van der Waals surface area contributed by atoms with E-state index in [1.54, 1.807) is 16.7 Å². The highest BCUT2D eigenvalue weighted by molar-refractivity contribution is 8.03. The topological polar surface area (TPSA) is 21.7 Å². The van der Waals surface area contributed by atoms with Gasteiger partial charge in [0.15, 0.2) is 0 Å². The number of hydrogen-bond acceptors (Lipinski definition) is 4. The monoisotopic (exact) mass is 421 g/mol. The lowest BCUT2D eigenvalue weighted by Gasteiger charge is -2.32. The van der Waals surface area contributed by atoms with Crippen LogP contribution in [-0.4, -0.2) is 44.5 Å². The Balaban J connectivity index is 1.41. The van der Waals surface area contributed by atoms with Gasteiger partial charge in [0.25, 0.3) is 0 Å². The third-order valence-electron chi connectivity index (χ3n) is 6.54. The molecule has 0 spiro atoms. The third-order valence-corrected chi connectivity index (χ3v) is 7.64. The summed E-state index contributed by atoms with van der Waals surface area (Å²) < 4.78 is 12.0. The van der Waals surface area contributed by atoms with E-state index >= 15 is 0 Å². The summed E-state index contributed by atoms with van der Waals surface area (Å²) in [5.41, 5.74) is 8.85. The Morgan fingerprint density at radius 3 is 3.00 bits per heavy atom. The molecule has 0 aromatic rings. The Morgan fingerprint density at radius 2 is 2.10 bits per heavy atom. The Labute approximate surface area is 184 Å². The molecule has 0 amide bonds. The largest absolute Gasteiger partial charge is 0.464 e. The van der Waals surface area contributed by atoms with E-state index in [2.05, 4.69) is 43.3 Å². The zero-order chi connectivity index (χ0) is 20.5. The summed E-state index contributed by atoms with van der Waals surface area (Å²) >= 11 is 1.95. The van der Waals surface area contributed by atoms with Crippen molar-refractivity contribution in [2.24, 2.45) is 5.92 Å². The maximum atomic E-state index is 6.02. The van der Waals surface area contributed by atoms with E-state index in [9.17, 15) is 0 Å². The van der Waals surface area contributed by atoms with Gasteiger partial charge in [0.2, 0.25) is 0 Å². The number of ether oxygens (including phenoxy) is 2. The van der Waals surface area contributed by atoms with Crippen molar-refractivity contribution in [2.75, 3.05) is 39.6 Å². The van der Waals surface area contributed by atoms with Crippen LogP contribution in [0.4, 0.5) is 0 Å². The van der Waals surface area contributed by atoms with Gasteiger partial charge in [0, 0.05) is 28.8 Å². The molecule has 158 valence electrons. The van der Waals surface area contributed by atoms with Crippen LogP contribution < -0.4 is 0 Å². The van der Waals surface area contributed by atoms with E-state index in [0.29, 0.717) is 5.92 Å². The van der Waals surface area contributed by atoms with Gasteiger partial charge in [-0.2, -0.15) is 0 Å². The number of thioether (sulfide) groups is 1. The zero-order valence-electron chi connectivity index (χ0n) is 18.1. The maximum Gasteiger partial charge on any atom is 0.137 e. The molecule has 0 saturated heterocycles. The first-order chi connectivity index (χ1) is 14.7. The van der Waals surface area contributed by atoms with Crippen molar-refractivity contribution < 1.29 is 9.47 Å². The number of hydrogen-bond donors (Lipinski definition) is 0. The van der Waals surface area contributed by atoms with Crippen LogP contribution in [0.2, 0.25) is 0 Å². The van der Waals surface area contributed by atoms with Crippen LogP contribution in [0.25, 0.3) is 0 Å². The van der Waals surface area contributed by atoms with Crippen molar-refractivity contribution in [3.8, 4) is 0 Å². The fourth-order valence-electron chi connectivity index (χ4n) is 5.09. The Hall–Kier alpha value is -1.75. The summed E-state index contributed by atoms with van der Waals surface area (Å²) in [6.07, 6.45) is 19.1. The maximum absolute atomic E-state index is 6.02. The van der Waals surface area contributed by atoms with Crippen LogP contribution in [0.15, 0.2) is 80.7 Å². The van der Waals surface area contributed by atoms with Crippen LogP contribution in [0.3, 0.4) is 0 Å². The fraction of sp³-hybridized carbons (Fsp3) is 0.462. The first-order valence-corrected chi connectivity index (χ1v) is 12.2. The van der Waals surface area contributed by atoms with Gasteiger partial charge in [-0.3, -0.25) is 0 Å². The van der Waals surface area contributed by atoms with Crippen molar-refractivity contribution >= 4 is 11.8 Å². The highest BCUT2D eigenvalue weighted by Gasteiger charge is 2.34. The molecule has 4 heteroatoms. The smallest absolute Gasteiger partial charge is 0.137 e. The number of nitrogens with zero attached hydrogens (tertiary/aromatic N) is 1. The van der Waals surface area contributed by atoms with Crippen molar-refractivity contribution in [3.63, 3.8) is 0 Å². The van der Waals surface area contributed by atoms with Crippen LogP contribution in [0, 0.1) is 5.92 Å². The van der Waals surface area contributed by atoms with Gasteiger partial charge in [0.05, 0.1) is 12.9 Å². The van der Waals surface area contributed by atoms with E-state index in [4.69, 9.17) is 9.47 Å². The lowest BCUT2D eigenvalue weighted by atomic mass is 9.77. The van der Waals surface area contributed by atoms with Crippen molar-refractivity contribution in [1.82, 2.24) is 4.90 Å². The molecule has 5 rings (SSSR count). The number of allylic oxidation sites excluding steroid dienone is 9. The van der Waals surface area contributed by atoms with Gasteiger partial charge in [-0.1, -0.05) is 17.7 Å². The molecule has 0 aromatic carbocycles. The van der Waals surface area contributed by atoms with Crippen LogP contribution in [0.1, 0.15) is 32.1 Å². The minimum absolute atomic E-state index is 0.385. The third kappa shape index (κ3) is 3.93. The lowest BCUT2D eigenvalue weighted by molar-refractivity contribution is 0.150. The van der Waals surface area contributed by atoms with Crippen molar-refractivity contribution in [1.29, 1.82) is 0 Å². The molecule has 0 radical (unpaired) electrons. The molecule has 0 N–H and O–H groups in total. The fourth-order valence-corrected chi connectivity index (χ4v) is 6.14. The quantitative estimate of drug-likeness (QED) is 0.406. The second-order valence-corrected chi connectivity index (χ2v) is 9.98. The SMILES string of the molecule is CN(C)CCCOCC1=CC2C(=CCC3=C4CCCC4=C4OC=CC=C4C=C32)CS1. The summed E-state index contributed by atoms with van der Waals surface area (Å²) in [6, 6.07) is 0. The zero-order valence-corrected chi connectivity index (χ0v) is 18.9. The predicted molar refractivity (Wildman–Crippen MR) is 125 cm³/mol. The lowest BCUT2D eigenvalue weighted by Crippen LogP contribution is -2.19. The minimum atomic E-state index is 0.385. The molecule has 1 atom stereocenters. The predicted octanol–water partition coefficient (Wildman–Crippen LogP) is 5.68. The van der Waals surface area contributed by atoms with E-state index in [0.717, 1.165) is 50.5 Å². The molecule has 2 heterocycles. The van der Waals surface area contributed by atoms with Crippen LogP contribution in [0.5, 0.6) is 0 Å². The minimum Gasteiger partial charge on any atom is -0.464 e. The molecule has 3 aliphatic carbocycles. The van der Waals surface area contributed by atoms with Crippen molar-refractivity contribution in [3.05, 3.63) is 80.7 Å². The standard InChI is InChI=1S/C26H31NO2S/c1-27(2)11-5-12-28-16-20-15-24-19(17-30-20)9-10-22-21-7-3-8-23(21)26-18(14-25(22)24)6-4-13-29-26/h4,6,9,13-15,24H,3,5,7-8,10-12,16-17H2,1-2H3. The Kier molecular flexibility index (Phi) is 5.90. The average Bonchev–Trinajstić information content (AvgIpc) is 3.18. The molecule has 3 nitrogen and oxygen atoms in total. The summed E-state index contributed by atoms with van der Waals surface area (Å²) in [4.78, 5) is 3.59. The van der Waals surface area contributed by atoms with Crippen LogP contribution >= 0.6 is 11.8 Å². The number of rotatable bonds is 6. The van der Waals surface area contributed by atoms with E-state index in [1.165, 1.54) is 34.5 Å². The molecule has 30 heavy (non-hydrogen) atoms. The van der Waals surface area contributed by atoms with Crippen molar-refractivity contribution in [2.45, 2.75) is 32.1 Å². The van der Waals surface area contributed by atoms with E-state index in [-0.39, 0.29) is 0 Å². The Bertz CT molecular complexity index is 942. The average molecular weight is 422 g/mol. The first-order valence-electron chi connectivity index (χ1n) is 11.2. The van der Waals surface area contributed by atoms with Gasteiger partial charge in [-0.05, 0) is 93.3 Å². The van der Waals surface area contributed by atoms with Gasteiger partial charge in [-0.25, -0.2) is 0 Å². The molecule has 1 unspecified atom stereocenters. The molecular weight excluding hydrogens is 390 g/mol. The van der Waals surface area contributed by atoms with E-state index < -0.39 is 0 Å². The normalized spacial score (nSPS) is 24.8. The molecule has 0 bridgehead atoms. The summed E-state index contributed by atoms with van der Waals surface area (Å²) in [5, 5.41) is 0. The second-order valence-electron chi connectivity index (χ2n) is 8.88. The summed E-state index contributed by atoms with van der Waals surface area (Å²) in [5.74, 6) is 2.57. The van der Waals surface area contributed by atoms with Crippen LogP contribution in [-0.2, 0) is 9.47 Å². The van der Waals surface area contributed by atoms with Gasteiger partial charge < -0.3 is 14.4 Å². The molecule has 1 saturated carbocycles. The molecular formula is C26H31NO2S. The van der Waals surface area contributed by atoms with Gasteiger partial charge in [0.1, 0.15) is 5.76 Å². The molecule has 0 aromatic heterocycles. The molecule has 5 aliphatic rings. The molecule has 2 aliphatic heterocycles. The van der Waals surface area contributed by atoms with Gasteiger partial charge in [-0.15, -0.1) is 11.8 Å². The number of fused-ring (bicyclic) bond motifs is 5. The highest BCUT2D eigenvalue weighted by atomic mass is 32.2. The van der Waals surface area contributed by atoms with Gasteiger partial charge >= 0.3 is 0 Å². The molecule has 1 fully saturated rings. The first kappa shape index (κ1) is 20.2. The summed E-state index contributed by atoms with van der Waals surface area (Å²) in [7, 11) is 4.23. The van der Waals surface area contributed by atoms with E-state index in [1.807, 2.05) is 24.1 Å². The summed E-state index contributed by atoms with van der Waals surface area (Å²) in [6.45, 7) is 2.65. The second kappa shape index (κ2) is 8.78. The Morgan fingerprint density at radius 1 is 1.20 bits per heavy atom. The highest BCUT2D eigenvalue weighted by Crippen LogP contribution is 2.50.